The first-order valence-electron chi connectivity index (χ1n) is 10.8. The van der Waals surface area contributed by atoms with Gasteiger partial charge in [-0.15, -0.1) is 0 Å². The van der Waals surface area contributed by atoms with Gasteiger partial charge in [0.05, 0.1) is 10.8 Å². The molecule has 0 saturated carbocycles. The molecule has 3 aromatic rings. The maximum Gasteiger partial charge on any atom is 0.248 e. The number of benzene rings is 2. The number of hydrogen-bond donors (Lipinski definition) is 2. The fourth-order valence-corrected chi connectivity index (χ4v) is 5.67. The van der Waals surface area contributed by atoms with E-state index in [1.807, 2.05) is 30.3 Å². The Bertz CT molecular complexity index is 1270. The smallest absolute Gasteiger partial charge is 0.248 e. The van der Waals surface area contributed by atoms with Crippen LogP contribution in [0.4, 0.5) is 0 Å². The first-order chi connectivity index (χ1) is 15.3. The van der Waals surface area contributed by atoms with Gasteiger partial charge in [-0.1, -0.05) is 37.3 Å². The van der Waals surface area contributed by atoms with Crippen LogP contribution in [-0.2, 0) is 14.8 Å². The van der Waals surface area contributed by atoms with E-state index in [0.717, 1.165) is 5.56 Å². The summed E-state index contributed by atoms with van der Waals surface area (Å²) in [4.78, 5) is 27.1. The number of aromatic nitrogens is 1. The zero-order valence-corrected chi connectivity index (χ0v) is 18.8. The van der Waals surface area contributed by atoms with Crippen LogP contribution in [0.3, 0.4) is 0 Å². The van der Waals surface area contributed by atoms with Gasteiger partial charge in [0.2, 0.25) is 21.5 Å². The molecule has 0 unspecified atom stereocenters. The van der Waals surface area contributed by atoms with Crippen LogP contribution in [-0.4, -0.2) is 43.2 Å². The largest absolute Gasteiger partial charge is 0.355 e. The number of nitrogens with one attached hydrogen (secondary N) is 2. The summed E-state index contributed by atoms with van der Waals surface area (Å²) in [5.74, 6) is -0.310. The van der Waals surface area contributed by atoms with Crippen molar-refractivity contribution >= 4 is 26.8 Å². The van der Waals surface area contributed by atoms with Crippen LogP contribution in [0.1, 0.15) is 31.2 Å². The minimum atomic E-state index is -3.74. The van der Waals surface area contributed by atoms with Crippen LogP contribution in [0.15, 0.2) is 70.4 Å². The molecule has 2 atom stereocenters. The maximum atomic E-state index is 13.2. The van der Waals surface area contributed by atoms with Crippen LogP contribution in [0, 0.1) is 5.92 Å². The molecule has 0 bridgehead atoms. The molecule has 0 aliphatic carbocycles. The molecule has 1 aromatic heterocycles. The van der Waals surface area contributed by atoms with E-state index in [0.29, 0.717) is 36.8 Å². The van der Waals surface area contributed by atoms with E-state index in [2.05, 4.69) is 17.2 Å². The standard InChI is InChI=1S/C24H27N3O4S/c1-17(18-6-3-2-4-7-18)15-25-24(29)20-8-5-13-27(16-20)32(30,31)21-10-11-22-19(14-21)9-12-23(28)26-22/h2-4,6-7,9-12,14,17,20H,5,8,13,15-16H2,1H3,(H,25,29)(H,26,28)/t17-,20-/m1/s1. The van der Waals surface area contributed by atoms with Gasteiger partial charge in [0.25, 0.3) is 0 Å². The number of sulfonamides is 1. The lowest BCUT2D eigenvalue weighted by atomic mass is 9.97. The van der Waals surface area contributed by atoms with Crippen molar-refractivity contribution in [3.8, 4) is 0 Å². The number of H-pyrrole nitrogens is 1. The fraction of sp³-hybridized carbons (Fsp3) is 0.333. The van der Waals surface area contributed by atoms with Gasteiger partial charge in [-0.3, -0.25) is 9.59 Å². The molecule has 1 amide bonds. The molecule has 2 aromatic carbocycles. The highest BCUT2D eigenvalue weighted by Crippen LogP contribution is 2.26. The first kappa shape index (κ1) is 22.2. The lowest BCUT2D eigenvalue weighted by molar-refractivity contribution is -0.126. The van der Waals surface area contributed by atoms with Gasteiger partial charge in [0.15, 0.2) is 0 Å². The van der Waals surface area contributed by atoms with Crippen molar-refractivity contribution in [2.45, 2.75) is 30.6 Å². The summed E-state index contributed by atoms with van der Waals surface area (Å²) in [6, 6.07) is 17.6. The zero-order chi connectivity index (χ0) is 22.7. The first-order valence-corrected chi connectivity index (χ1v) is 12.2. The summed E-state index contributed by atoms with van der Waals surface area (Å²) in [5, 5.41) is 3.64. The number of carbonyl (C=O) groups is 1. The number of aromatic amines is 1. The topological polar surface area (TPSA) is 99.3 Å². The zero-order valence-electron chi connectivity index (χ0n) is 18.0. The number of rotatable bonds is 6. The van der Waals surface area contributed by atoms with E-state index in [1.54, 1.807) is 18.2 Å². The molecule has 4 rings (SSSR count). The Balaban J connectivity index is 1.44. The predicted octanol–water partition coefficient (Wildman–Crippen LogP) is 2.85. The summed E-state index contributed by atoms with van der Waals surface area (Å²) < 4.78 is 27.9. The lowest BCUT2D eigenvalue weighted by Gasteiger charge is -2.31. The minimum absolute atomic E-state index is 0.108. The number of pyridine rings is 1. The van der Waals surface area contributed by atoms with Crippen molar-refractivity contribution in [1.82, 2.24) is 14.6 Å². The Hall–Kier alpha value is -2.97. The fourth-order valence-electron chi connectivity index (χ4n) is 4.11. The van der Waals surface area contributed by atoms with Crippen LogP contribution in [0.5, 0.6) is 0 Å². The molecule has 168 valence electrons. The van der Waals surface area contributed by atoms with Crippen LogP contribution in [0.25, 0.3) is 10.9 Å². The van der Waals surface area contributed by atoms with Crippen LogP contribution >= 0.6 is 0 Å². The molecule has 2 N–H and O–H groups in total. The Kier molecular flexibility index (Phi) is 6.43. The van der Waals surface area contributed by atoms with Crippen LogP contribution in [0.2, 0.25) is 0 Å². The summed E-state index contributed by atoms with van der Waals surface area (Å²) in [7, 11) is -3.74. The number of amides is 1. The molecule has 1 fully saturated rings. The van der Waals surface area contributed by atoms with Gasteiger partial charge in [0.1, 0.15) is 0 Å². The molecule has 1 saturated heterocycles. The minimum Gasteiger partial charge on any atom is -0.355 e. The van der Waals surface area contributed by atoms with Gasteiger partial charge in [-0.2, -0.15) is 4.31 Å². The number of hydrogen-bond acceptors (Lipinski definition) is 4. The average molecular weight is 454 g/mol. The third-order valence-electron chi connectivity index (χ3n) is 6.04. The summed E-state index contributed by atoms with van der Waals surface area (Å²) in [5.41, 5.74) is 1.50. The summed E-state index contributed by atoms with van der Waals surface area (Å²) in [6.45, 7) is 3.11. The quantitative estimate of drug-likeness (QED) is 0.599. The monoisotopic (exact) mass is 453 g/mol. The highest BCUT2D eigenvalue weighted by molar-refractivity contribution is 7.89. The molecule has 0 spiro atoms. The molecule has 7 nitrogen and oxygen atoms in total. The van der Waals surface area contributed by atoms with E-state index >= 15 is 0 Å². The summed E-state index contributed by atoms with van der Waals surface area (Å²) in [6.07, 6.45) is 1.29. The van der Waals surface area contributed by atoms with Gasteiger partial charge in [-0.05, 0) is 54.0 Å². The van der Waals surface area contributed by atoms with E-state index in [4.69, 9.17) is 0 Å². The molecular weight excluding hydrogens is 426 g/mol. The molecule has 1 aliphatic heterocycles. The predicted molar refractivity (Wildman–Crippen MR) is 124 cm³/mol. The second-order valence-corrected chi connectivity index (χ2v) is 10.3. The average Bonchev–Trinajstić information content (AvgIpc) is 2.82. The van der Waals surface area contributed by atoms with Crippen molar-refractivity contribution in [2.75, 3.05) is 19.6 Å². The van der Waals surface area contributed by atoms with Crippen molar-refractivity contribution in [3.05, 3.63) is 76.6 Å². The molecular formula is C24H27N3O4S. The third kappa shape index (κ3) is 4.76. The molecule has 32 heavy (non-hydrogen) atoms. The van der Waals surface area contributed by atoms with Gasteiger partial charge >= 0.3 is 0 Å². The normalized spacial score (nSPS) is 18.3. The molecule has 1 aliphatic rings. The number of nitrogens with zero attached hydrogens (tertiary/aromatic N) is 1. The Labute approximate surface area is 187 Å². The van der Waals surface area contributed by atoms with Crippen LogP contribution < -0.4 is 10.9 Å². The van der Waals surface area contributed by atoms with Crippen molar-refractivity contribution in [2.24, 2.45) is 5.92 Å². The maximum absolute atomic E-state index is 13.2. The molecule has 8 heteroatoms. The third-order valence-corrected chi connectivity index (χ3v) is 7.90. The SMILES string of the molecule is C[C@H](CNC(=O)[C@@H]1CCCN(S(=O)(=O)c2ccc3[nH]c(=O)ccc3c2)C1)c1ccccc1. The van der Waals surface area contributed by atoms with E-state index in [-0.39, 0.29) is 34.7 Å². The second kappa shape index (κ2) is 9.26. The summed E-state index contributed by atoms with van der Waals surface area (Å²) >= 11 is 0. The molecule has 2 heterocycles. The second-order valence-electron chi connectivity index (χ2n) is 8.33. The van der Waals surface area contributed by atoms with Gasteiger partial charge < -0.3 is 10.3 Å². The molecule has 0 radical (unpaired) electrons. The highest BCUT2D eigenvalue weighted by atomic mass is 32.2. The highest BCUT2D eigenvalue weighted by Gasteiger charge is 2.33. The van der Waals surface area contributed by atoms with Crippen molar-refractivity contribution in [3.63, 3.8) is 0 Å². The van der Waals surface area contributed by atoms with Gasteiger partial charge in [-0.25, -0.2) is 8.42 Å². The van der Waals surface area contributed by atoms with Crippen molar-refractivity contribution in [1.29, 1.82) is 0 Å². The lowest BCUT2D eigenvalue weighted by Crippen LogP contribution is -2.45. The number of piperidine rings is 1. The van der Waals surface area contributed by atoms with E-state index in [9.17, 15) is 18.0 Å². The van der Waals surface area contributed by atoms with E-state index < -0.39 is 10.0 Å². The van der Waals surface area contributed by atoms with Gasteiger partial charge in [0, 0.05) is 31.2 Å². The Morgan fingerprint density at radius 1 is 1.16 bits per heavy atom. The van der Waals surface area contributed by atoms with E-state index in [1.165, 1.54) is 16.4 Å². The van der Waals surface area contributed by atoms with Crippen molar-refractivity contribution < 1.29 is 13.2 Å². The Morgan fingerprint density at radius 3 is 2.72 bits per heavy atom. The number of fused-ring (bicyclic) bond motifs is 1. The number of carbonyl (C=O) groups excluding carboxylic acids is 1. The Morgan fingerprint density at radius 2 is 1.94 bits per heavy atom.